The molecule has 0 amide bonds. The summed E-state index contributed by atoms with van der Waals surface area (Å²) in [5, 5.41) is 0. The number of nitrogens with zero attached hydrogens (tertiary/aromatic N) is 2. The third-order valence-corrected chi connectivity index (χ3v) is 4.59. The maximum Gasteiger partial charge on any atom is 0.158 e. The predicted octanol–water partition coefficient (Wildman–Crippen LogP) is 4.33. The first-order valence-electron chi connectivity index (χ1n) is 8.52. The summed E-state index contributed by atoms with van der Waals surface area (Å²) in [5.74, 6) is 0.871. The molecule has 3 aromatic rings. The minimum atomic E-state index is -0.0950. The van der Waals surface area contributed by atoms with E-state index in [4.69, 9.17) is 9.47 Å². The Kier molecular flexibility index (Phi) is 4.20. The van der Waals surface area contributed by atoms with Gasteiger partial charge in [0.25, 0.3) is 0 Å². The number of aromatic nitrogens is 1. The first kappa shape index (κ1) is 15.8. The maximum atomic E-state index is 6.04. The van der Waals surface area contributed by atoms with Gasteiger partial charge in [-0.05, 0) is 42.8 Å². The minimum absolute atomic E-state index is 0.0950. The zero-order valence-corrected chi connectivity index (χ0v) is 14.6. The van der Waals surface area contributed by atoms with Crippen LogP contribution in [0.25, 0.3) is 5.69 Å². The van der Waals surface area contributed by atoms with Gasteiger partial charge in [0.15, 0.2) is 6.23 Å². The second kappa shape index (κ2) is 6.65. The van der Waals surface area contributed by atoms with Gasteiger partial charge in [0, 0.05) is 30.2 Å². The van der Waals surface area contributed by atoms with Crippen molar-refractivity contribution < 1.29 is 9.47 Å². The molecule has 4 heteroatoms. The Morgan fingerprint density at radius 3 is 2.80 bits per heavy atom. The molecular formula is C21H22N2O2. The smallest absolute Gasteiger partial charge is 0.158 e. The van der Waals surface area contributed by atoms with E-state index < -0.39 is 0 Å². The number of hydrogen-bond donors (Lipinski definition) is 0. The highest BCUT2D eigenvalue weighted by Gasteiger charge is 2.29. The number of benzene rings is 2. The highest BCUT2D eigenvalue weighted by molar-refractivity contribution is 5.60. The molecule has 0 unspecified atom stereocenters. The van der Waals surface area contributed by atoms with Crippen LogP contribution in [0.15, 0.2) is 67.0 Å². The Balaban J connectivity index is 1.65. The fourth-order valence-electron chi connectivity index (χ4n) is 3.37. The lowest BCUT2D eigenvalue weighted by molar-refractivity contribution is 0.113. The summed E-state index contributed by atoms with van der Waals surface area (Å²) in [6.07, 6.45) is 4.14. The highest BCUT2D eigenvalue weighted by atomic mass is 16.5. The second-order valence-electron chi connectivity index (χ2n) is 6.28. The maximum absolute atomic E-state index is 6.04. The van der Waals surface area contributed by atoms with E-state index in [2.05, 4.69) is 65.2 Å². The molecule has 0 N–H and O–H groups in total. The zero-order valence-electron chi connectivity index (χ0n) is 14.6. The summed E-state index contributed by atoms with van der Waals surface area (Å²) in [6, 6.07) is 18.7. The van der Waals surface area contributed by atoms with Gasteiger partial charge < -0.3 is 18.9 Å². The molecule has 128 valence electrons. The Bertz CT molecular complexity index is 872. The van der Waals surface area contributed by atoms with Crippen molar-refractivity contribution >= 4 is 5.69 Å². The van der Waals surface area contributed by atoms with Gasteiger partial charge in [0.2, 0.25) is 0 Å². The van der Waals surface area contributed by atoms with E-state index in [-0.39, 0.29) is 6.23 Å². The van der Waals surface area contributed by atoms with Crippen LogP contribution in [0.5, 0.6) is 5.75 Å². The van der Waals surface area contributed by atoms with E-state index in [9.17, 15) is 0 Å². The molecule has 1 atom stereocenters. The van der Waals surface area contributed by atoms with Crippen LogP contribution in [-0.2, 0) is 4.74 Å². The standard InChI is InChI=1S/C21H22N2O2/c1-16-6-5-7-18(14-16)22-11-10-17(15-22)21-23(12-13-25-21)19-8-3-4-9-20(19)24-2/h3-11,14-15,21H,12-13H2,1-2H3/t21-/m1/s1. The molecule has 4 rings (SSSR count). The van der Waals surface area contributed by atoms with Crippen LogP contribution in [-0.4, -0.2) is 24.8 Å². The molecule has 25 heavy (non-hydrogen) atoms. The first-order chi connectivity index (χ1) is 12.3. The fraction of sp³-hybridized carbons (Fsp3) is 0.238. The normalized spacial score (nSPS) is 17.0. The van der Waals surface area contributed by atoms with Crippen LogP contribution in [0.2, 0.25) is 0 Å². The second-order valence-corrected chi connectivity index (χ2v) is 6.28. The van der Waals surface area contributed by atoms with Gasteiger partial charge in [-0.15, -0.1) is 0 Å². The molecule has 1 aromatic heterocycles. The van der Waals surface area contributed by atoms with Crippen LogP contribution in [0.1, 0.15) is 17.4 Å². The van der Waals surface area contributed by atoms with Crippen molar-refractivity contribution in [1.82, 2.24) is 4.57 Å². The van der Waals surface area contributed by atoms with E-state index in [1.165, 1.54) is 5.56 Å². The molecule has 4 nitrogen and oxygen atoms in total. The number of methoxy groups -OCH3 is 1. The molecule has 1 aliphatic rings. The van der Waals surface area contributed by atoms with Crippen LogP contribution in [0.4, 0.5) is 5.69 Å². The fourth-order valence-corrected chi connectivity index (χ4v) is 3.37. The average molecular weight is 334 g/mol. The molecule has 0 radical (unpaired) electrons. The number of rotatable bonds is 4. The average Bonchev–Trinajstić information content (AvgIpc) is 3.30. The number of ether oxygens (including phenoxy) is 2. The third-order valence-electron chi connectivity index (χ3n) is 4.59. The largest absolute Gasteiger partial charge is 0.495 e. The van der Waals surface area contributed by atoms with Crippen molar-refractivity contribution in [3.05, 3.63) is 78.1 Å². The van der Waals surface area contributed by atoms with Crippen molar-refractivity contribution in [2.24, 2.45) is 0 Å². The van der Waals surface area contributed by atoms with Crippen molar-refractivity contribution in [3.63, 3.8) is 0 Å². The van der Waals surface area contributed by atoms with Crippen LogP contribution in [0, 0.1) is 6.92 Å². The first-order valence-corrected chi connectivity index (χ1v) is 8.52. The summed E-state index contributed by atoms with van der Waals surface area (Å²) >= 11 is 0. The van der Waals surface area contributed by atoms with Gasteiger partial charge in [0.05, 0.1) is 19.4 Å². The van der Waals surface area contributed by atoms with Gasteiger partial charge in [-0.2, -0.15) is 0 Å². The lowest BCUT2D eigenvalue weighted by Gasteiger charge is -2.26. The number of aryl methyl sites for hydroxylation is 1. The minimum Gasteiger partial charge on any atom is -0.495 e. The lowest BCUT2D eigenvalue weighted by atomic mass is 10.2. The third kappa shape index (κ3) is 3.01. The predicted molar refractivity (Wildman–Crippen MR) is 99.5 cm³/mol. The molecule has 1 aliphatic heterocycles. The van der Waals surface area contributed by atoms with Crippen molar-refractivity contribution in [2.75, 3.05) is 25.2 Å². The summed E-state index contributed by atoms with van der Waals surface area (Å²) in [6.45, 7) is 3.66. The van der Waals surface area contributed by atoms with Gasteiger partial charge in [-0.3, -0.25) is 0 Å². The van der Waals surface area contributed by atoms with E-state index in [1.807, 2.05) is 18.2 Å². The summed E-state index contributed by atoms with van der Waals surface area (Å²) in [5.41, 5.74) is 4.62. The molecule has 1 fully saturated rings. The van der Waals surface area contributed by atoms with Crippen molar-refractivity contribution in [1.29, 1.82) is 0 Å². The quantitative estimate of drug-likeness (QED) is 0.710. The van der Waals surface area contributed by atoms with Crippen LogP contribution in [0.3, 0.4) is 0 Å². The highest BCUT2D eigenvalue weighted by Crippen LogP contribution is 2.37. The summed E-state index contributed by atoms with van der Waals surface area (Å²) in [4.78, 5) is 2.26. The lowest BCUT2D eigenvalue weighted by Crippen LogP contribution is -2.23. The Morgan fingerprint density at radius 1 is 1.08 bits per heavy atom. The number of anilines is 1. The Labute approximate surface area is 148 Å². The molecule has 1 saturated heterocycles. The summed E-state index contributed by atoms with van der Waals surface area (Å²) < 4.78 is 13.7. The van der Waals surface area contributed by atoms with E-state index in [1.54, 1.807) is 7.11 Å². The zero-order chi connectivity index (χ0) is 17.2. The molecule has 0 bridgehead atoms. The monoisotopic (exact) mass is 334 g/mol. The van der Waals surface area contributed by atoms with Gasteiger partial charge in [-0.25, -0.2) is 0 Å². The van der Waals surface area contributed by atoms with Gasteiger partial charge in [0.1, 0.15) is 5.75 Å². The van der Waals surface area contributed by atoms with Crippen LogP contribution < -0.4 is 9.64 Å². The van der Waals surface area contributed by atoms with E-state index in [0.717, 1.165) is 29.2 Å². The Hall–Kier alpha value is -2.72. The molecule has 2 aromatic carbocycles. The van der Waals surface area contributed by atoms with E-state index >= 15 is 0 Å². The molecule has 0 aliphatic carbocycles. The van der Waals surface area contributed by atoms with Crippen molar-refractivity contribution in [2.45, 2.75) is 13.2 Å². The molecule has 0 spiro atoms. The molecular weight excluding hydrogens is 312 g/mol. The van der Waals surface area contributed by atoms with E-state index in [0.29, 0.717) is 6.61 Å². The topological polar surface area (TPSA) is 26.6 Å². The number of hydrogen-bond acceptors (Lipinski definition) is 3. The van der Waals surface area contributed by atoms with Crippen LogP contribution >= 0.6 is 0 Å². The Morgan fingerprint density at radius 2 is 1.96 bits per heavy atom. The van der Waals surface area contributed by atoms with Gasteiger partial charge >= 0.3 is 0 Å². The summed E-state index contributed by atoms with van der Waals surface area (Å²) in [7, 11) is 1.71. The van der Waals surface area contributed by atoms with Gasteiger partial charge in [-0.1, -0.05) is 24.3 Å². The number of para-hydroxylation sites is 2. The molecule has 0 saturated carbocycles. The SMILES string of the molecule is COc1ccccc1N1CCO[C@@H]1c1ccn(-c2cccc(C)c2)c1. The molecule has 2 heterocycles. The van der Waals surface area contributed by atoms with Crippen molar-refractivity contribution in [3.8, 4) is 11.4 Å².